The van der Waals surface area contributed by atoms with E-state index in [1.807, 2.05) is 48.5 Å². The average Bonchev–Trinajstić information content (AvgIpc) is 3.32. The summed E-state index contributed by atoms with van der Waals surface area (Å²) in [7, 11) is 0. The van der Waals surface area contributed by atoms with Crippen molar-refractivity contribution in [1.29, 1.82) is 0 Å². The number of pyridine rings is 1. The van der Waals surface area contributed by atoms with Crippen molar-refractivity contribution in [2.45, 2.75) is 6.42 Å². The molecule has 0 spiro atoms. The summed E-state index contributed by atoms with van der Waals surface area (Å²) in [6.07, 6.45) is 0.196. The Morgan fingerprint density at radius 1 is 1.04 bits per heavy atom. The highest BCUT2D eigenvalue weighted by molar-refractivity contribution is 7.18. The average molecular weight is 359 g/mol. The normalized spacial score (nSPS) is 13.8. The van der Waals surface area contributed by atoms with Crippen molar-refractivity contribution in [2.24, 2.45) is 5.16 Å². The van der Waals surface area contributed by atoms with Crippen LogP contribution in [0.25, 0.3) is 21.0 Å². The molecule has 5 nitrogen and oxygen atoms in total. The molecule has 1 aliphatic heterocycles. The van der Waals surface area contributed by atoms with E-state index in [4.69, 9.17) is 9.82 Å². The lowest BCUT2D eigenvalue weighted by molar-refractivity contribution is -0.140. The number of carbonyl (C=O) groups is 1. The maximum atomic E-state index is 11.3. The van der Waals surface area contributed by atoms with Crippen LogP contribution in [0, 0.1) is 0 Å². The Morgan fingerprint density at radius 3 is 2.73 bits per heavy atom. The van der Waals surface area contributed by atoms with Gasteiger partial charge in [0.1, 0.15) is 5.82 Å². The number of benzene rings is 2. The van der Waals surface area contributed by atoms with Crippen molar-refractivity contribution in [3.8, 4) is 0 Å². The lowest BCUT2D eigenvalue weighted by Gasteiger charge is -2.10. The van der Waals surface area contributed by atoms with Crippen LogP contribution >= 0.6 is 11.3 Å². The summed E-state index contributed by atoms with van der Waals surface area (Å²) in [5.74, 6) is 0.492. The lowest BCUT2D eigenvalue weighted by atomic mass is 10.0. The van der Waals surface area contributed by atoms with Crippen molar-refractivity contribution in [2.75, 3.05) is 5.32 Å². The third-order valence-corrected chi connectivity index (χ3v) is 5.28. The first-order valence-corrected chi connectivity index (χ1v) is 9.06. The topological polar surface area (TPSA) is 63.6 Å². The molecule has 2 aromatic carbocycles. The Hall–Kier alpha value is -3.25. The molecule has 0 aliphatic carbocycles. The van der Waals surface area contributed by atoms with Gasteiger partial charge in [0.15, 0.2) is 0 Å². The second-order valence-corrected chi connectivity index (χ2v) is 6.94. The first-order chi connectivity index (χ1) is 12.8. The Morgan fingerprint density at radius 2 is 1.92 bits per heavy atom. The number of thiophene rings is 1. The van der Waals surface area contributed by atoms with Gasteiger partial charge in [0.2, 0.25) is 0 Å². The van der Waals surface area contributed by atoms with Gasteiger partial charge in [-0.25, -0.2) is 9.78 Å². The molecule has 0 saturated heterocycles. The zero-order valence-electron chi connectivity index (χ0n) is 13.6. The molecule has 6 heteroatoms. The van der Waals surface area contributed by atoms with Crippen molar-refractivity contribution in [1.82, 2.24) is 4.98 Å². The Kier molecular flexibility index (Phi) is 3.43. The zero-order chi connectivity index (χ0) is 17.5. The molecule has 0 atom stereocenters. The molecule has 5 rings (SSSR count). The SMILES string of the molecule is O=C1CC(c2ccc3c(c2)nc(Nc2ccccc2)c2ccsc23)=NO1. The van der Waals surface area contributed by atoms with Gasteiger partial charge < -0.3 is 10.2 Å². The summed E-state index contributed by atoms with van der Waals surface area (Å²) in [4.78, 5) is 20.9. The fraction of sp³-hybridized carbons (Fsp3) is 0.0500. The number of nitrogens with one attached hydrogen (secondary N) is 1. The van der Waals surface area contributed by atoms with Gasteiger partial charge in [0, 0.05) is 26.7 Å². The summed E-state index contributed by atoms with van der Waals surface area (Å²) < 4.78 is 1.18. The van der Waals surface area contributed by atoms with E-state index < -0.39 is 0 Å². The summed E-state index contributed by atoms with van der Waals surface area (Å²) >= 11 is 1.69. The van der Waals surface area contributed by atoms with E-state index in [0.717, 1.165) is 33.4 Å². The molecular formula is C20H13N3O2S. The number of para-hydroxylation sites is 1. The third kappa shape index (κ3) is 2.51. The number of hydrogen-bond donors (Lipinski definition) is 1. The molecule has 1 N–H and O–H groups in total. The number of oxime groups is 1. The van der Waals surface area contributed by atoms with Gasteiger partial charge in [-0.1, -0.05) is 35.5 Å². The molecule has 0 radical (unpaired) electrons. The molecule has 0 fully saturated rings. The highest BCUT2D eigenvalue weighted by atomic mass is 32.1. The third-order valence-electron chi connectivity index (χ3n) is 4.33. The van der Waals surface area contributed by atoms with Gasteiger partial charge in [0.25, 0.3) is 0 Å². The van der Waals surface area contributed by atoms with Crippen molar-refractivity contribution in [3.05, 3.63) is 65.5 Å². The summed E-state index contributed by atoms with van der Waals surface area (Å²) in [5, 5.41) is 11.5. The van der Waals surface area contributed by atoms with E-state index in [9.17, 15) is 4.79 Å². The van der Waals surface area contributed by atoms with Crippen LogP contribution in [0.15, 0.2) is 65.1 Å². The maximum Gasteiger partial charge on any atom is 0.341 e. The minimum atomic E-state index is -0.326. The van der Waals surface area contributed by atoms with Gasteiger partial charge in [-0.2, -0.15) is 0 Å². The van der Waals surface area contributed by atoms with Gasteiger partial charge in [-0.15, -0.1) is 11.3 Å². The van der Waals surface area contributed by atoms with E-state index in [-0.39, 0.29) is 12.4 Å². The van der Waals surface area contributed by atoms with Crippen LogP contribution in [0.2, 0.25) is 0 Å². The van der Waals surface area contributed by atoms with Crippen LogP contribution in [0.1, 0.15) is 12.0 Å². The van der Waals surface area contributed by atoms with E-state index in [1.54, 1.807) is 11.3 Å². The van der Waals surface area contributed by atoms with E-state index >= 15 is 0 Å². The van der Waals surface area contributed by atoms with Crippen molar-refractivity contribution >= 4 is 55.5 Å². The zero-order valence-corrected chi connectivity index (χ0v) is 14.4. The highest BCUT2D eigenvalue weighted by Crippen LogP contribution is 2.35. The quantitative estimate of drug-likeness (QED) is 0.532. The number of fused-ring (bicyclic) bond motifs is 3. The summed E-state index contributed by atoms with van der Waals surface area (Å²) in [6.45, 7) is 0. The number of anilines is 2. The number of aromatic nitrogens is 1. The molecule has 0 saturated carbocycles. The monoisotopic (exact) mass is 359 g/mol. The van der Waals surface area contributed by atoms with Crippen molar-refractivity contribution in [3.63, 3.8) is 0 Å². The molecule has 126 valence electrons. The van der Waals surface area contributed by atoms with E-state index in [2.05, 4.69) is 21.9 Å². The van der Waals surface area contributed by atoms with Crippen molar-refractivity contribution < 1.29 is 9.63 Å². The Balaban J connectivity index is 1.66. The van der Waals surface area contributed by atoms with Gasteiger partial charge >= 0.3 is 5.97 Å². The second kappa shape index (κ2) is 5.93. The fourth-order valence-electron chi connectivity index (χ4n) is 3.10. The van der Waals surface area contributed by atoms with Crippen LogP contribution < -0.4 is 5.32 Å². The first kappa shape index (κ1) is 15.0. The van der Waals surface area contributed by atoms with Crippen LogP contribution in [0.5, 0.6) is 0 Å². The van der Waals surface area contributed by atoms with Gasteiger partial charge in [-0.3, -0.25) is 0 Å². The Bertz CT molecular complexity index is 1180. The minimum Gasteiger partial charge on any atom is -0.340 e. The molecule has 0 amide bonds. The predicted molar refractivity (Wildman–Crippen MR) is 104 cm³/mol. The molecule has 2 aromatic heterocycles. The van der Waals surface area contributed by atoms with E-state index in [0.29, 0.717) is 5.71 Å². The molecule has 3 heterocycles. The molecular weight excluding hydrogens is 346 g/mol. The highest BCUT2D eigenvalue weighted by Gasteiger charge is 2.20. The largest absolute Gasteiger partial charge is 0.341 e. The van der Waals surface area contributed by atoms with Crippen LogP contribution in [-0.2, 0) is 9.63 Å². The maximum absolute atomic E-state index is 11.3. The van der Waals surface area contributed by atoms with Crippen LogP contribution in [0.3, 0.4) is 0 Å². The van der Waals surface area contributed by atoms with Gasteiger partial charge in [0.05, 0.1) is 17.6 Å². The van der Waals surface area contributed by atoms with Gasteiger partial charge in [-0.05, 0) is 29.6 Å². The molecule has 0 unspecified atom stereocenters. The number of nitrogens with zero attached hydrogens (tertiary/aromatic N) is 2. The standard InChI is InChI=1S/C20H13N3O2S/c24-18-11-16(23-25-18)12-6-7-14-17(10-12)22-20(15-8-9-26-19(14)15)21-13-4-2-1-3-5-13/h1-10H,11H2,(H,21,22). The summed E-state index contributed by atoms with van der Waals surface area (Å²) in [5.41, 5.74) is 3.35. The van der Waals surface area contributed by atoms with Crippen LogP contribution in [-0.4, -0.2) is 16.7 Å². The first-order valence-electron chi connectivity index (χ1n) is 8.18. The smallest absolute Gasteiger partial charge is 0.340 e. The predicted octanol–water partition coefficient (Wildman–Crippen LogP) is 4.84. The fourth-order valence-corrected chi connectivity index (χ4v) is 4.03. The second-order valence-electron chi connectivity index (χ2n) is 6.02. The van der Waals surface area contributed by atoms with E-state index in [1.165, 1.54) is 4.70 Å². The summed E-state index contributed by atoms with van der Waals surface area (Å²) in [6, 6.07) is 18.0. The molecule has 0 bridgehead atoms. The molecule has 1 aliphatic rings. The lowest BCUT2D eigenvalue weighted by Crippen LogP contribution is -2.01. The minimum absolute atomic E-state index is 0.196. The number of rotatable bonds is 3. The molecule has 4 aromatic rings. The molecule has 26 heavy (non-hydrogen) atoms. The number of carbonyl (C=O) groups excluding carboxylic acids is 1. The Labute approximate surface area is 152 Å². The van der Waals surface area contributed by atoms with Crippen LogP contribution in [0.4, 0.5) is 11.5 Å². The number of hydrogen-bond acceptors (Lipinski definition) is 6.